The van der Waals surface area contributed by atoms with E-state index >= 15 is 0 Å². The number of methoxy groups -OCH3 is 1. The predicted molar refractivity (Wildman–Crippen MR) is 120 cm³/mol. The van der Waals surface area contributed by atoms with Gasteiger partial charge in [-0.1, -0.05) is 12.1 Å². The Bertz CT molecular complexity index is 1200. The van der Waals surface area contributed by atoms with E-state index in [1.165, 1.54) is 6.33 Å². The number of benzene rings is 2. The number of rotatable bonds is 6. The summed E-state index contributed by atoms with van der Waals surface area (Å²) in [5.74, 6) is 1.13. The Labute approximate surface area is 185 Å². The summed E-state index contributed by atoms with van der Waals surface area (Å²) in [7, 11) is 1.56. The fourth-order valence-electron chi connectivity index (χ4n) is 3.77. The van der Waals surface area contributed by atoms with Crippen molar-refractivity contribution in [3.8, 4) is 17.2 Å². The first-order valence-corrected chi connectivity index (χ1v) is 10.2. The molecule has 0 radical (unpaired) electrons. The lowest BCUT2D eigenvalue weighted by molar-refractivity contribution is -0.113. The zero-order valence-electron chi connectivity index (χ0n) is 18.3. The third-order valence-corrected chi connectivity index (χ3v) is 5.24. The lowest BCUT2D eigenvalue weighted by Crippen LogP contribution is -2.31. The fourth-order valence-corrected chi connectivity index (χ4v) is 3.77. The van der Waals surface area contributed by atoms with Gasteiger partial charge in [-0.2, -0.15) is 10.1 Å². The molecule has 3 aromatic rings. The molecule has 1 unspecified atom stereocenters. The zero-order valence-corrected chi connectivity index (χ0v) is 18.3. The van der Waals surface area contributed by atoms with E-state index in [4.69, 9.17) is 9.47 Å². The molecule has 9 heteroatoms. The second-order valence-electron chi connectivity index (χ2n) is 7.41. The third-order valence-electron chi connectivity index (χ3n) is 5.24. The SMILES string of the molecule is CCOc1cc(C2C(C(=O)Nc3cc(C)ccc3OC)=C(C)Nc3ncnn32)ccc1O. The van der Waals surface area contributed by atoms with Gasteiger partial charge in [0.05, 0.1) is 25.0 Å². The van der Waals surface area contributed by atoms with Gasteiger partial charge in [0.25, 0.3) is 5.91 Å². The van der Waals surface area contributed by atoms with Gasteiger partial charge in [-0.15, -0.1) is 0 Å². The minimum absolute atomic E-state index is 0.0274. The van der Waals surface area contributed by atoms with Crippen LogP contribution in [0.3, 0.4) is 0 Å². The monoisotopic (exact) mass is 435 g/mol. The van der Waals surface area contributed by atoms with Crippen LogP contribution in [0.5, 0.6) is 17.2 Å². The van der Waals surface area contributed by atoms with Crippen LogP contribution in [0, 0.1) is 6.92 Å². The topological polar surface area (TPSA) is 111 Å². The molecule has 1 aliphatic heterocycles. The van der Waals surface area contributed by atoms with Gasteiger partial charge in [0.2, 0.25) is 5.95 Å². The van der Waals surface area contributed by atoms with Gasteiger partial charge in [0.1, 0.15) is 18.1 Å². The van der Waals surface area contributed by atoms with Gasteiger partial charge in [0, 0.05) is 5.70 Å². The molecule has 2 aromatic carbocycles. The molecule has 0 saturated heterocycles. The molecule has 1 aromatic heterocycles. The number of fused-ring (bicyclic) bond motifs is 1. The number of aryl methyl sites for hydroxylation is 1. The van der Waals surface area contributed by atoms with E-state index < -0.39 is 6.04 Å². The smallest absolute Gasteiger partial charge is 0.255 e. The first-order valence-electron chi connectivity index (χ1n) is 10.2. The number of amides is 1. The molecule has 3 N–H and O–H groups in total. The summed E-state index contributed by atoms with van der Waals surface area (Å²) >= 11 is 0. The molecule has 0 fully saturated rings. The number of aromatic hydroxyl groups is 1. The number of allylic oxidation sites excluding steroid dienone is 1. The number of nitrogens with zero attached hydrogens (tertiary/aromatic N) is 3. The lowest BCUT2D eigenvalue weighted by Gasteiger charge is -2.29. The summed E-state index contributed by atoms with van der Waals surface area (Å²) in [4.78, 5) is 17.8. The zero-order chi connectivity index (χ0) is 22.8. The van der Waals surface area contributed by atoms with Crippen LogP contribution < -0.4 is 20.1 Å². The van der Waals surface area contributed by atoms with Crippen molar-refractivity contribution in [3.05, 3.63) is 65.1 Å². The summed E-state index contributed by atoms with van der Waals surface area (Å²) in [5.41, 5.74) is 3.38. The molecule has 2 heterocycles. The van der Waals surface area contributed by atoms with Crippen LogP contribution in [-0.4, -0.2) is 39.5 Å². The first-order chi connectivity index (χ1) is 15.4. The number of phenolic OH excluding ortho intramolecular Hbond substituents is 1. The highest BCUT2D eigenvalue weighted by Gasteiger charge is 2.34. The van der Waals surface area contributed by atoms with Crippen LogP contribution in [0.2, 0.25) is 0 Å². The molecule has 4 rings (SSSR count). The Balaban J connectivity index is 1.78. The Morgan fingerprint density at radius 3 is 2.78 bits per heavy atom. The maximum absolute atomic E-state index is 13.5. The molecular formula is C23H25N5O4. The van der Waals surface area contributed by atoms with Gasteiger partial charge in [-0.05, 0) is 56.2 Å². The van der Waals surface area contributed by atoms with Crippen molar-refractivity contribution in [2.75, 3.05) is 24.4 Å². The van der Waals surface area contributed by atoms with Gasteiger partial charge in [0.15, 0.2) is 11.5 Å². The molecule has 1 amide bonds. The Hall–Kier alpha value is -4.01. The molecule has 1 atom stereocenters. The number of carbonyl (C=O) groups excluding carboxylic acids is 1. The number of hydrogen-bond donors (Lipinski definition) is 3. The minimum atomic E-state index is -0.579. The van der Waals surface area contributed by atoms with Gasteiger partial charge in [-0.3, -0.25) is 4.79 Å². The van der Waals surface area contributed by atoms with Gasteiger partial charge in [-0.25, -0.2) is 4.68 Å². The van der Waals surface area contributed by atoms with Crippen molar-refractivity contribution in [3.63, 3.8) is 0 Å². The number of nitrogens with one attached hydrogen (secondary N) is 2. The van der Waals surface area contributed by atoms with Crippen molar-refractivity contribution in [1.82, 2.24) is 14.8 Å². The normalized spacial score (nSPS) is 15.1. The quantitative estimate of drug-likeness (QED) is 0.542. The highest BCUT2D eigenvalue weighted by Crippen LogP contribution is 2.39. The number of anilines is 2. The largest absolute Gasteiger partial charge is 0.504 e. The van der Waals surface area contributed by atoms with Crippen LogP contribution in [0.15, 0.2) is 54.0 Å². The van der Waals surface area contributed by atoms with E-state index in [-0.39, 0.29) is 11.7 Å². The molecule has 166 valence electrons. The second kappa shape index (κ2) is 8.62. The van der Waals surface area contributed by atoms with Crippen LogP contribution in [-0.2, 0) is 4.79 Å². The summed E-state index contributed by atoms with van der Waals surface area (Å²) < 4.78 is 12.6. The second-order valence-corrected chi connectivity index (χ2v) is 7.41. The Morgan fingerprint density at radius 2 is 2.03 bits per heavy atom. The average molecular weight is 435 g/mol. The number of hydrogen-bond acceptors (Lipinski definition) is 7. The van der Waals surface area contributed by atoms with E-state index in [0.29, 0.717) is 41.0 Å². The van der Waals surface area contributed by atoms with Gasteiger partial charge < -0.3 is 25.2 Å². The number of ether oxygens (including phenoxy) is 2. The molecule has 32 heavy (non-hydrogen) atoms. The highest BCUT2D eigenvalue weighted by atomic mass is 16.5. The van der Waals surface area contributed by atoms with Crippen LogP contribution in [0.25, 0.3) is 0 Å². The molecule has 0 aliphatic carbocycles. The summed E-state index contributed by atoms with van der Waals surface area (Å²) in [5, 5.41) is 20.6. The average Bonchev–Trinajstić information content (AvgIpc) is 3.22. The van der Waals surface area contributed by atoms with E-state index in [1.54, 1.807) is 30.0 Å². The predicted octanol–water partition coefficient (Wildman–Crippen LogP) is 3.63. The first kappa shape index (κ1) is 21.2. The van der Waals surface area contributed by atoms with Crippen molar-refractivity contribution >= 4 is 17.5 Å². The van der Waals surface area contributed by atoms with Crippen molar-refractivity contribution in [2.45, 2.75) is 26.8 Å². The summed E-state index contributed by atoms with van der Waals surface area (Å²) in [6.07, 6.45) is 1.43. The number of carbonyl (C=O) groups is 1. The molecule has 0 spiro atoms. The van der Waals surface area contributed by atoms with Crippen molar-refractivity contribution in [2.24, 2.45) is 0 Å². The standard InChI is InChI=1S/C23H25N5O4/c1-5-32-19-11-15(7-8-17(19)29)21-20(14(3)26-23-24-12-25-28(21)23)22(30)27-16-10-13(2)6-9-18(16)31-4/h6-12,21,29H,5H2,1-4H3,(H,27,30)(H,24,25,26). The van der Waals surface area contributed by atoms with Crippen molar-refractivity contribution < 1.29 is 19.4 Å². The van der Waals surface area contributed by atoms with E-state index in [0.717, 1.165) is 11.1 Å². The maximum atomic E-state index is 13.5. The molecule has 9 nitrogen and oxygen atoms in total. The molecule has 0 bridgehead atoms. The molecule has 1 aliphatic rings. The molecule has 0 saturated carbocycles. The van der Waals surface area contributed by atoms with E-state index in [9.17, 15) is 9.90 Å². The van der Waals surface area contributed by atoms with E-state index in [1.807, 2.05) is 39.0 Å². The van der Waals surface area contributed by atoms with Crippen LogP contribution >= 0.6 is 0 Å². The fraction of sp³-hybridized carbons (Fsp3) is 0.261. The minimum Gasteiger partial charge on any atom is -0.504 e. The van der Waals surface area contributed by atoms with Crippen LogP contribution in [0.4, 0.5) is 11.6 Å². The van der Waals surface area contributed by atoms with Crippen molar-refractivity contribution in [1.29, 1.82) is 0 Å². The summed E-state index contributed by atoms with van der Waals surface area (Å²) in [6, 6.07) is 10.0. The number of aromatic nitrogens is 3. The Morgan fingerprint density at radius 1 is 1.22 bits per heavy atom. The number of phenols is 1. The highest BCUT2D eigenvalue weighted by molar-refractivity contribution is 6.06. The Kier molecular flexibility index (Phi) is 5.72. The maximum Gasteiger partial charge on any atom is 0.255 e. The van der Waals surface area contributed by atoms with Crippen LogP contribution in [0.1, 0.15) is 31.0 Å². The third kappa shape index (κ3) is 3.84. The van der Waals surface area contributed by atoms with E-state index in [2.05, 4.69) is 20.7 Å². The van der Waals surface area contributed by atoms with Gasteiger partial charge >= 0.3 is 0 Å². The summed E-state index contributed by atoms with van der Waals surface area (Å²) in [6.45, 7) is 5.99. The lowest BCUT2D eigenvalue weighted by atomic mass is 9.94. The molecular weight excluding hydrogens is 410 g/mol.